The Hall–Kier alpha value is -3.23. The summed E-state index contributed by atoms with van der Waals surface area (Å²) >= 11 is 0. The molecule has 0 spiro atoms. The van der Waals surface area contributed by atoms with Crippen molar-refractivity contribution in [2.75, 3.05) is 12.4 Å². The van der Waals surface area contributed by atoms with Crippen LogP contribution < -0.4 is 10.1 Å². The first kappa shape index (κ1) is 21.0. The normalized spacial score (nSPS) is 16.4. The quantitative estimate of drug-likeness (QED) is 0.658. The Kier molecular flexibility index (Phi) is 5.75. The predicted octanol–water partition coefficient (Wildman–Crippen LogP) is 3.59. The third kappa shape index (κ3) is 4.30. The van der Waals surface area contributed by atoms with Crippen molar-refractivity contribution >= 4 is 21.6 Å². The number of ether oxygens (including phenoxy) is 1. The molecular formula is C23H21FN2O4S. The van der Waals surface area contributed by atoms with Crippen molar-refractivity contribution < 1.29 is 22.3 Å². The molecule has 1 atom stereocenters. The summed E-state index contributed by atoms with van der Waals surface area (Å²) in [6.07, 6.45) is 0.229. The molecule has 1 aliphatic rings. The van der Waals surface area contributed by atoms with Gasteiger partial charge in [-0.15, -0.1) is 0 Å². The van der Waals surface area contributed by atoms with Gasteiger partial charge in [-0.2, -0.15) is 4.31 Å². The standard InChI is InChI=1S/C23H21FN2O4S/c1-30-20-8-4-7-19(14-20)25-23(27)22-13-16-5-2-3-6-17(16)15-26(22)31(28,29)21-11-9-18(24)10-12-21/h2-12,14,22H,13,15H2,1H3,(H,25,27)/t22-/m1/s1. The highest BCUT2D eigenvalue weighted by molar-refractivity contribution is 7.89. The van der Waals surface area contributed by atoms with Gasteiger partial charge in [0.25, 0.3) is 0 Å². The second kappa shape index (κ2) is 8.49. The summed E-state index contributed by atoms with van der Waals surface area (Å²) in [6, 6.07) is 17.9. The molecule has 1 heterocycles. The Labute approximate surface area is 180 Å². The van der Waals surface area contributed by atoms with E-state index in [4.69, 9.17) is 4.74 Å². The fourth-order valence-electron chi connectivity index (χ4n) is 3.64. The number of carbonyl (C=O) groups is 1. The first-order valence-corrected chi connectivity index (χ1v) is 11.1. The molecule has 4 rings (SSSR count). The van der Waals surface area contributed by atoms with Crippen molar-refractivity contribution in [1.29, 1.82) is 0 Å². The summed E-state index contributed by atoms with van der Waals surface area (Å²) in [5.41, 5.74) is 2.25. The zero-order valence-corrected chi connectivity index (χ0v) is 17.6. The van der Waals surface area contributed by atoms with Gasteiger partial charge >= 0.3 is 0 Å². The highest BCUT2D eigenvalue weighted by Gasteiger charge is 2.39. The summed E-state index contributed by atoms with van der Waals surface area (Å²) in [5, 5.41) is 2.79. The molecule has 160 valence electrons. The van der Waals surface area contributed by atoms with Crippen molar-refractivity contribution in [2.45, 2.75) is 23.9 Å². The van der Waals surface area contributed by atoms with Crippen molar-refractivity contribution in [2.24, 2.45) is 0 Å². The van der Waals surface area contributed by atoms with E-state index >= 15 is 0 Å². The van der Waals surface area contributed by atoms with Gasteiger partial charge in [0.15, 0.2) is 0 Å². The first-order valence-electron chi connectivity index (χ1n) is 9.67. The van der Waals surface area contributed by atoms with E-state index in [2.05, 4.69) is 5.32 Å². The molecule has 3 aromatic rings. The summed E-state index contributed by atoms with van der Waals surface area (Å²) in [7, 11) is -2.52. The maximum absolute atomic E-state index is 13.4. The zero-order chi connectivity index (χ0) is 22.0. The topological polar surface area (TPSA) is 75.7 Å². The Morgan fingerprint density at radius 2 is 1.74 bits per heavy atom. The lowest BCUT2D eigenvalue weighted by molar-refractivity contribution is -0.120. The monoisotopic (exact) mass is 440 g/mol. The van der Waals surface area contributed by atoms with Crippen LogP contribution in [0.2, 0.25) is 0 Å². The van der Waals surface area contributed by atoms with Gasteiger partial charge < -0.3 is 10.1 Å². The van der Waals surface area contributed by atoms with E-state index in [-0.39, 0.29) is 17.9 Å². The molecule has 0 fully saturated rings. The largest absolute Gasteiger partial charge is 0.497 e. The minimum absolute atomic E-state index is 0.0477. The van der Waals surface area contributed by atoms with Crippen LogP contribution in [0, 0.1) is 5.82 Å². The number of methoxy groups -OCH3 is 1. The van der Waals surface area contributed by atoms with E-state index in [0.29, 0.717) is 11.4 Å². The molecule has 3 aromatic carbocycles. The highest BCUT2D eigenvalue weighted by Crippen LogP contribution is 2.30. The number of nitrogens with one attached hydrogen (secondary N) is 1. The highest BCUT2D eigenvalue weighted by atomic mass is 32.2. The molecule has 0 radical (unpaired) electrons. The average molecular weight is 440 g/mol. The van der Waals surface area contributed by atoms with E-state index in [0.717, 1.165) is 23.3 Å². The van der Waals surface area contributed by atoms with Crippen LogP contribution in [0.25, 0.3) is 0 Å². The number of amides is 1. The van der Waals surface area contributed by atoms with Gasteiger partial charge in [-0.05, 0) is 53.9 Å². The number of nitrogens with zero attached hydrogens (tertiary/aromatic N) is 1. The number of anilines is 1. The van der Waals surface area contributed by atoms with Crippen LogP contribution >= 0.6 is 0 Å². The Morgan fingerprint density at radius 3 is 2.45 bits per heavy atom. The molecule has 1 aliphatic heterocycles. The summed E-state index contributed by atoms with van der Waals surface area (Å²) in [6.45, 7) is 0.0477. The van der Waals surface area contributed by atoms with Crippen molar-refractivity contribution in [3.8, 4) is 5.75 Å². The molecule has 1 amide bonds. The Morgan fingerprint density at radius 1 is 1.03 bits per heavy atom. The fourth-order valence-corrected chi connectivity index (χ4v) is 5.21. The number of fused-ring (bicyclic) bond motifs is 1. The molecule has 31 heavy (non-hydrogen) atoms. The molecule has 0 saturated carbocycles. The molecule has 1 N–H and O–H groups in total. The maximum Gasteiger partial charge on any atom is 0.244 e. The van der Waals surface area contributed by atoms with Gasteiger partial charge in [0.2, 0.25) is 15.9 Å². The van der Waals surface area contributed by atoms with Gasteiger partial charge in [-0.1, -0.05) is 30.3 Å². The maximum atomic E-state index is 13.4. The second-order valence-electron chi connectivity index (χ2n) is 7.21. The van der Waals surface area contributed by atoms with Crippen LogP contribution in [0.5, 0.6) is 5.75 Å². The average Bonchev–Trinajstić information content (AvgIpc) is 2.78. The summed E-state index contributed by atoms with van der Waals surface area (Å²) in [4.78, 5) is 13.1. The lowest BCUT2D eigenvalue weighted by Crippen LogP contribution is -2.50. The number of benzene rings is 3. The Bertz CT molecular complexity index is 1210. The predicted molar refractivity (Wildman–Crippen MR) is 115 cm³/mol. The number of halogens is 1. The molecule has 6 nitrogen and oxygen atoms in total. The molecule has 0 saturated heterocycles. The molecular weight excluding hydrogens is 419 g/mol. The number of hydrogen-bond donors (Lipinski definition) is 1. The van der Waals surface area contributed by atoms with Crippen molar-refractivity contribution in [3.63, 3.8) is 0 Å². The zero-order valence-electron chi connectivity index (χ0n) is 16.8. The third-order valence-corrected chi connectivity index (χ3v) is 7.13. The van der Waals surface area contributed by atoms with Crippen LogP contribution in [-0.2, 0) is 27.8 Å². The summed E-state index contributed by atoms with van der Waals surface area (Å²) < 4.78 is 46.5. The van der Waals surface area contributed by atoms with Crippen LogP contribution in [0.15, 0.2) is 77.7 Å². The number of hydrogen-bond acceptors (Lipinski definition) is 4. The van der Waals surface area contributed by atoms with Gasteiger partial charge in [-0.25, -0.2) is 12.8 Å². The molecule has 0 bridgehead atoms. The molecule has 0 unspecified atom stereocenters. The Balaban J connectivity index is 1.70. The van der Waals surface area contributed by atoms with Crippen LogP contribution in [-0.4, -0.2) is 31.8 Å². The minimum atomic E-state index is -4.04. The smallest absolute Gasteiger partial charge is 0.244 e. The SMILES string of the molecule is COc1cccc(NC(=O)[C@H]2Cc3ccccc3CN2S(=O)(=O)c2ccc(F)cc2)c1. The lowest BCUT2D eigenvalue weighted by atomic mass is 9.95. The van der Waals surface area contributed by atoms with E-state index in [9.17, 15) is 17.6 Å². The lowest BCUT2D eigenvalue weighted by Gasteiger charge is -2.35. The van der Waals surface area contributed by atoms with Crippen LogP contribution in [0.3, 0.4) is 0 Å². The number of rotatable bonds is 5. The minimum Gasteiger partial charge on any atom is -0.497 e. The van der Waals surface area contributed by atoms with Crippen molar-refractivity contribution in [1.82, 2.24) is 4.31 Å². The number of sulfonamides is 1. The van der Waals surface area contributed by atoms with E-state index in [1.807, 2.05) is 24.3 Å². The van der Waals surface area contributed by atoms with Crippen molar-refractivity contribution in [3.05, 3.63) is 89.7 Å². The van der Waals surface area contributed by atoms with E-state index in [1.54, 1.807) is 24.3 Å². The van der Waals surface area contributed by atoms with E-state index in [1.165, 1.54) is 23.5 Å². The summed E-state index contributed by atoms with van der Waals surface area (Å²) in [5.74, 6) is -0.411. The second-order valence-corrected chi connectivity index (χ2v) is 9.10. The van der Waals surface area contributed by atoms with Gasteiger partial charge in [-0.3, -0.25) is 4.79 Å². The van der Waals surface area contributed by atoms with Crippen LogP contribution in [0.1, 0.15) is 11.1 Å². The van der Waals surface area contributed by atoms with Crippen LogP contribution in [0.4, 0.5) is 10.1 Å². The first-order chi connectivity index (χ1) is 14.9. The van der Waals surface area contributed by atoms with E-state index < -0.39 is 27.8 Å². The van der Waals surface area contributed by atoms with Gasteiger partial charge in [0, 0.05) is 18.3 Å². The van der Waals surface area contributed by atoms with Gasteiger partial charge in [0.1, 0.15) is 17.6 Å². The number of carbonyl (C=O) groups excluding carboxylic acids is 1. The third-order valence-electron chi connectivity index (χ3n) is 5.27. The fraction of sp³-hybridized carbons (Fsp3) is 0.174. The molecule has 0 aromatic heterocycles. The molecule has 8 heteroatoms. The van der Waals surface area contributed by atoms with Gasteiger partial charge in [0.05, 0.1) is 12.0 Å². The molecule has 0 aliphatic carbocycles.